The first-order valence-electron chi connectivity index (χ1n) is 8.00. The number of ether oxygens (including phenoxy) is 1. The molecule has 2 aromatic rings. The molecule has 1 N–H and O–H groups in total. The van der Waals surface area contributed by atoms with Crippen molar-refractivity contribution in [2.75, 3.05) is 5.32 Å². The quantitative estimate of drug-likeness (QED) is 0.628. The monoisotopic (exact) mass is 375 g/mol. The molecule has 1 atom stereocenters. The number of benzene rings is 2. The number of hydrogen-bond donors (Lipinski definition) is 1. The second kappa shape index (κ2) is 7.50. The van der Waals surface area contributed by atoms with Crippen LogP contribution < -0.4 is 5.32 Å². The molecule has 2 aromatic carbocycles. The molecule has 4 nitrogen and oxygen atoms in total. The van der Waals surface area contributed by atoms with Crippen molar-refractivity contribution in [1.82, 2.24) is 0 Å². The van der Waals surface area contributed by atoms with Crippen LogP contribution in [0.2, 0.25) is 5.02 Å². The number of cyclic esters (lactones) is 1. The zero-order valence-electron chi connectivity index (χ0n) is 13.9. The Morgan fingerprint density at radius 3 is 2.80 bits per heavy atom. The minimum atomic E-state index is -0.865. The first-order valence-corrected chi connectivity index (χ1v) is 9.26. The van der Waals surface area contributed by atoms with Crippen molar-refractivity contribution in [3.05, 3.63) is 58.6 Å². The number of fused-ring (bicyclic) bond motifs is 1. The van der Waals surface area contributed by atoms with E-state index >= 15 is 0 Å². The SMILES string of the molecule is CC(C)Sc1ccccc1NC(=O)C1Cc2cc(Cl)ccc2C(=O)O1. The van der Waals surface area contributed by atoms with Crippen molar-refractivity contribution in [3.63, 3.8) is 0 Å². The van der Waals surface area contributed by atoms with Crippen molar-refractivity contribution < 1.29 is 14.3 Å². The Hall–Kier alpha value is -1.98. The zero-order chi connectivity index (χ0) is 18.0. The average Bonchev–Trinajstić information content (AvgIpc) is 2.55. The zero-order valence-corrected chi connectivity index (χ0v) is 15.5. The van der Waals surface area contributed by atoms with Gasteiger partial charge in [0, 0.05) is 21.6 Å². The van der Waals surface area contributed by atoms with Gasteiger partial charge in [0.1, 0.15) is 0 Å². The summed E-state index contributed by atoms with van der Waals surface area (Å²) in [5.74, 6) is -0.835. The van der Waals surface area contributed by atoms with Crippen LogP contribution in [-0.2, 0) is 16.0 Å². The molecule has 0 aliphatic carbocycles. The van der Waals surface area contributed by atoms with Crippen LogP contribution >= 0.6 is 23.4 Å². The van der Waals surface area contributed by atoms with Gasteiger partial charge in [-0.05, 0) is 35.9 Å². The van der Waals surface area contributed by atoms with Gasteiger partial charge in [0.25, 0.3) is 5.91 Å². The molecule has 1 amide bonds. The number of carbonyl (C=O) groups excluding carboxylic acids is 2. The summed E-state index contributed by atoms with van der Waals surface area (Å²) in [6.07, 6.45) is -0.553. The molecule has 0 bridgehead atoms. The summed E-state index contributed by atoms with van der Waals surface area (Å²) in [6.45, 7) is 4.18. The maximum Gasteiger partial charge on any atom is 0.339 e. The number of carbonyl (C=O) groups is 2. The average molecular weight is 376 g/mol. The third-order valence-corrected chi connectivity index (χ3v) is 5.06. The predicted octanol–water partition coefficient (Wildman–Crippen LogP) is 4.56. The van der Waals surface area contributed by atoms with E-state index < -0.39 is 12.1 Å². The van der Waals surface area contributed by atoms with E-state index in [9.17, 15) is 9.59 Å². The number of esters is 1. The fraction of sp³-hybridized carbons (Fsp3) is 0.263. The highest BCUT2D eigenvalue weighted by Crippen LogP contribution is 2.31. The van der Waals surface area contributed by atoms with Crippen LogP contribution in [0.3, 0.4) is 0 Å². The van der Waals surface area contributed by atoms with Gasteiger partial charge in [0.15, 0.2) is 6.10 Å². The highest BCUT2D eigenvalue weighted by atomic mass is 35.5. The summed E-state index contributed by atoms with van der Waals surface area (Å²) < 4.78 is 5.31. The van der Waals surface area contributed by atoms with Crippen molar-refractivity contribution in [1.29, 1.82) is 0 Å². The normalized spacial score (nSPS) is 16.3. The molecule has 6 heteroatoms. The van der Waals surface area contributed by atoms with E-state index in [1.807, 2.05) is 24.3 Å². The van der Waals surface area contributed by atoms with Crippen LogP contribution in [0.15, 0.2) is 47.4 Å². The van der Waals surface area contributed by atoms with Gasteiger partial charge in [-0.15, -0.1) is 11.8 Å². The molecule has 0 saturated heterocycles. The van der Waals surface area contributed by atoms with Crippen molar-refractivity contribution >= 4 is 40.9 Å². The van der Waals surface area contributed by atoms with E-state index in [0.717, 1.165) is 16.1 Å². The Labute approximate surface area is 155 Å². The van der Waals surface area contributed by atoms with Crippen LogP contribution in [0.5, 0.6) is 0 Å². The molecule has 0 radical (unpaired) electrons. The maximum absolute atomic E-state index is 12.6. The van der Waals surface area contributed by atoms with Gasteiger partial charge in [-0.25, -0.2) is 4.79 Å². The largest absolute Gasteiger partial charge is 0.448 e. The number of anilines is 1. The third kappa shape index (κ3) is 4.17. The maximum atomic E-state index is 12.6. The second-order valence-electron chi connectivity index (χ2n) is 6.05. The topological polar surface area (TPSA) is 55.4 Å². The Morgan fingerprint density at radius 1 is 1.28 bits per heavy atom. The van der Waals surface area contributed by atoms with Crippen molar-refractivity contribution in [2.45, 2.75) is 36.5 Å². The first-order chi connectivity index (χ1) is 11.9. The Balaban J connectivity index is 1.78. The summed E-state index contributed by atoms with van der Waals surface area (Å²) >= 11 is 7.66. The molecule has 1 aliphatic rings. The van der Waals surface area contributed by atoms with Crippen molar-refractivity contribution in [2.24, 2.45) is 0 Å². The number of rotatable bonds is 4. The number of hydrogen-bond acceptors (Lipinski definition) is 4. The molecule has 3 rings (SSSR count). The molecule has 0 aromatic heterocycles. The summed E-state index contributed by atoms with van der Waals surface area (Å²) in [5, 5.41) is 3.80. The van der Waals surface area contributed by atoms with Gasteiger partial charge in [0.2, 0.25) is 0 Å². The van der Waals surface area contributed by atoms with E-state index in [1.165, 1.54) is 0 Å². The summed E-state index contributed by atoms with van der Waals surface area (Å²) in [4.78, 5) is 25.7. The second-order valence-corrected chi connectivity index (χ2v) is 8.11. The lowest BCUT2D eigenvalue weighted by Crippen LogP contribution is -2.38. The summed E-state index contributed by atoms with van der Waals surface area (Å²) in [7, 11) is 0. The number of nitrogens with one attached hydrogen (secondary N) is 1. The molecule has 0 spiro atoms. The smallest absolute Gasteiger partial charge is 0.339 e. The number of thioether (sulfide) groups is 1. The standard InChI is InChI=1S/C19H18ClNO3S/c1-11(2)25-17-6-4-3-5-15(17)21-18(22)16-10-12-9-13(20)7-8-14(12)19(23)24-16/h3-9,11,16H,10H2,1-2H3,(H,21,22). The molecule has 0 saturated carbocycles. The Morgan fingerprint density at radius 2 is 2.04 bits per heavy atom. The van der Waals surface area contributed by atoms with Crippen LogP contribution in [-0.4, -0.2) is 23.2 Å². The highest BCUT2D eigenvalue weighted by Gasteiger charge is 2.31. The van der Waals surface area contributed by atoms with E-state index in [4.69, 9.17) is 16.3 Å². The molecular formula is C19H18ClNO3S. The Kier molecular flexibility index (Phi) is 5.35. The summed E-state index contributed by atoms with van der Waals surface area (Å²) in [5.41, 5.74) is 1.91. The van der Waals surface area contributed by atoms with Crippen LogP contribution in [0.1, 0.15) is 29.8 Å². The molecule has 1 heterocycles. The van der Waals surface area contributed by atoms with E-state index in [2.05, 4.69) is 19.2 Å². The predicted molar refractivity (Wildman–Crippen MR) is 100 cm³/mol. The van der Waals surface area contributed by atoms with E-state index in [-0.39, 0.29) is 5.91 Å². The molecule has 130 valence electrons. The fourth-order valence-electron chi connectivity index (χ4n) is 2.65. The lowest BCUT2D eigenvalue weighted by atomic mass is 9.98. The molecule has 1 unspecified atom stereocenters. The van der Waals surface area contributed by atoms with Crippen LogP contribution in [0.25, 0.3) is 0 Å². The molecular weight excluding hydrogens is 358 g/mol. The van der Waals surface area contributed by atoms with Crippen LogP contribution in [0.4, 0.5) is 5.69 Å². The van der Waals surface area contributed by atoms with Gasteiger partial charge in [-0.1, -0.05) is 37.6 Å². The van der Waals surface area contributed by atoms with Gasteiger partial charge in [-0.2, -0.15) is 0 Å². The molecule has 25 heavy (non-hydrogen) atoms. The lowest BCUT2D eigenvalue weighted by Gasteiger charge is -2.24. The lowest BCUT2D eigenvalue weighted by molar-refractivity contribution is -0.125. The van der Waals surface area contributed by atoms with Gasteiger partial charge >= 0.3 is 5.97 Å². The van der Waals surface area contributed by atoms with Gasteiger partial charge < -0.3 is 10.1 Å². The number of amides is 1. The third-order valence-electron chi connectivity index (χ3n) is 3.74. The Bertz CT molecular complexity index is 822. The summed E-state index contributed by atoms with van der Waals surface area (Å²) in [6, 6.07) is 12.6. The fourth-order valence-corrected chi connectivity index (χ4v) is 3.76. The molecule has 1 aliphatic heterocycles. The minimum Gasteiger partial charge on any atom is -0.448 e. The van der Waals surface area contributed by atoms with E-state index in [0.29, 0.717) is 22.3 Å². The van der Waals surface area contributed by atoms with Crippen molar-refractivity contribution in [3.8, 4) is 0 Å². The molecule has 0 fully saturated rings. The van der Waals surface area contributed by atoms with Gasteiger partial charge in [-0.3, -0.25) is 4.79 Å². The first kappa shape index (κ1) is 17.8. The highest BCUT2D eigenvalue weighted by molar-refractivity contribution is 8.00. The number of halogens is 1. The van der Waals surface area contributed by atoms with Crippen LogP contribution in [0, 0.1) is 0 Å². The number of para-hydroxylation sites is 1. The minimum absolute atomic E-state index is 0.312. The van der Waals surface area contributed by atoms with E-state index in [1.54, 1.807) is 30.0 Å². The van der Waals surface area contributed by atoms with Gasteiger partial charge in [0.05, 0.1) is 11.3 Å².